The number of hydrogen-bond donors (Lipinski definition) is 2. The van der Waals surface area contributed by atoms with Gasteiger partial charge < -0.3 is 5.32 Å². The smallest absolute Gasteiger partial charge is 0.265 e. The lowest BCUT2D eigenvalue weighted by Crippen LogP contribution is -2.13. The van der Waals surface area contributed by atoms with Crippen LogP contribution in [0.4, 0.5) is 11.4 Å². The van der Waals surface area contributed by atoms with Crippen molar-refractivity contribution in [1.82, 2.24) is 0 Å². The molecule has 2 aromatic carbocycles. The van der Waals surface area contributed by atoms with Crippen LogP contribution in [-0.4, -0.2) is 14.3 Å². The van der Waals surface area contributed by atoms with E-state index < -0.39 is 10.0 Å². The van der Waals surface area contributed by atoms with Crippen molar-refractivity contribution in [2.24, 2.45) is 0 Å². The lowest BCUT2D eigenvalue weighted by Gasteiger charge is -2.07. The number of thiophene rings is 1. The van der Waals surface area contributed by atoms with E-state index in [0.717, 1.165) is 22.5 Å². The summed E-state index contributed by atoms with van der Waals surface area (Å²) in [5, 5.41) is 4.27. The van der Waals surface area contributed by atoms with Crippen molar-refractivity contribution >= 4 is 38.6 Å². The molecule has 0 spiro atoms. The number of carbonyl (C=O) groups is 1. The zero-order valence-electron chi connectivity index (χ0n) is 14.3. The van der Waals surface area contributed by atoms with Gasteiger partial charge in [0.05, 0.1) is 9.77 Å². The third-order valence-electron chi connectivity index (χ3n) is 3.77. The summed E-state index contributed by atoms with van der Waals surface area (Å²) >= 11 is 1.09. The molecule has 0 aliphatic heterocycles. The number of benzene rings is 2. The maximum absolute atomic E-state index is 12.5. The number of para-hydroxylation sites is 1. The molecule has 1 amide bonds. The Hall–Kier alpha value is -2.64. The molecular weight excluding hydrogens is 368 g/mol. The highest BCUT2D eigenvalue weighted by Gasteiger charge is 2.19. The van der Waals surface area contributed by atoms with Crippen LogP contribution in [0.3, 0.4) is 0 Å². The highest BCUT2D eigenvalue weighted by atomic mass is 32.2. The predicted molar refractivity (Wildman–Crippen MR) is 105 cm³/mol. The third-order valence-corrected chi connectivity index (χ3v) is 6.21. The Morgan fingerprint density at radius 1 is 1.00 bits per heavy atom. The Morgan fingerprint density at radius 2 is 1.77 bits per heavy atom. The van der Waals surface area contributed by atoms with Gasteiger partial charge >= 0.3 is 0 Å². The summed E-state index contributed by atoms with van der Waals surface area (Å²) in [5.74, 6) is -0.332. The number of anilines is 2. The number of sulfonamides is 1. The molecular formula is C19H18N2O3S2. The van der Waals surface area contributed by atoms with E-state index in [2.05, 4.69) is 10.0 Å². The Kier molecular flexibility index (Phi) is 5.11. The van der Waals surface area contributed by atoms with Crippen molar-refractivity contribution in [3.63, 3.8) is 0 Å². The van der Waals surface area contributed by atoms with Crippen LogP contribution < -0.4 is 10.0 Å². The fourth-order valence-corrected chi connectivity index (χ4v) is 4.62. The van der Waals surface area contributed by atoms with Gasteiger partial charge in [0.2, 0.25) is 0 Å². The quantitative estimate of drug-likeness (QED) is 0.682. The van der Waals surface area contributed by atoms with Crippen LogP contribution in [0.15, 0.2) is 64.9 Å². The van der Waals surface area contributed by atoms with Crippen molar-refractivity contribution in [1.29, 1.82) is 0 Å². The summed E-state index contributed by atoms with van der Waals surface area (Å²) in [5.41, 5.74) is 3.08. The zero-order valence-corrected chi connectivity index (χ0v) is 15.9. The highest BCUT2D eigenvalue weighted by Crippen LogP contribution is 2.24. The summed E-state index contributed by atoms with van der Waals surface area (Å²) in [4.78, 5) is 12.8. The Bertz CT molecular complexity index is 1060. The standard InChI is InChI=1S/C19H18N2O3S2/c1-13-6-5-8-15(10-13)21-26(23,24)16-11-18(25-12-16)19(22)20-17-9-4-3-7-14(17)2/h3-12,21H,1-2H3,(H,20,22). The lowest BCUT2D eigenvalue weighted by molar-refractivity contribution is 0.103. The van der Waals surface area contributed by atoms with Gasteiger partial charge in [-0.15, -0.1) is 11.3 Å². The van der Waals surface area contributed by atoms with Crippen molar-refractivity contribution in [2.45, 2.75) is 18.7 Å². The molecule has 0 bridgehead atoms. The van der Waals surface area contributed by atoms with E-state index in [0.29, 0.717) is 16.3 Å². The second-order valence-electron chi connectivity index (χ2n) is 5.89. The average Bonchev–Trinajstić information content (AvgIpc) is 3.08. The minimum absolute atomic E-state index is 0.0685. The zero-order chi connectivity index (χ0) is 18.7. The molecule has 5 nitrogen and oxygen atoms in total. The number of rotatable bonds is 5. The maximum atomic E-state index is 12.5. The first-order chi connectivity index (χ1) is 12.3. The molecule has 26 heavy (non-hydrogen) atoms. The van der Waals surface area contributed by atoms with Gasteiger partial charge in [0.25, 0.3) is 15.9 Å². The molecule has 0 fully saturated rings. The molecule has 7 heteroatoms. The Labute approximate surface area is 156 Å². The van der Waals surface area contributed by atoms with Crippen molar-refractivity contribution in [3.05, 3.63) is 76.0 Å². The summed E-state index contributed by atoms with van der Waals surface area (Å²) < 4.78 is 27.6. The number of nitrogens with one attached hydrogen (secondary N) is 2. The Morgan fingerprint density at radius 3 is 2.50 bits per heavy atom. The second kappa shape index (κ2) is 7.31. The van der Waals surface area contributed by atoms with Gasteiger partial charge in [-0.25, -0.2) is 8.42 Å². The molecule has 2 N–H and O–H groups in total. The van der Waals surface area contributed by atoms with E-state index in [1.165, 1.54) is 11.4 Å². The van der Waals surface area contributed by atoms with Gasteiger partial charge in [-0.05, 0) is 49.2 Å². The van der Waals surface area contributed by atoms with Gasteiger partial charge in [-0.3, -0.25) is 9.52 Å². The minimum Gasteiger partial charge on any atom is -0.321 e. The van der Waals surface area contributed by atoms with E-state index in [4.69, 9.17) is 0 Å². The number of hydrogen-bond acceptors (Lipinski definition) is 4. The van der Waals surface area contributed by atoms with Gasteiger partial charge in [0, 0.05) is 16.8 Å². The first-order valence-electron chi connectivity index (χ1n) is 7.90. The topological polar surface area (TPSA) is 75.3 Å². The second-order valence-corrected chi connectivity index (χ2v) is 8.48. The van der Waals surface area contributed by atoms with Gasteiger partial charge in [0.15, 0.2) is 0 Å². The summed E-state index contributed by atoms with van der Waals surface area (Å²) in [6, 6.07) is 15.9. The van der Waals surface area contributed by atoms with Crippen molar-refractivity contribution in [3.8, 4) is 0 Å². The SMILES string of the molecule is Cc1cccc(NS(=O)(=O)c2csc(C(=O)Nc3ccccc3C)c2)c1. The van der Waals surface area contributed by atoms with Gasteiger partial charge in [0.1, 0.15) is 0 Å². The van der Waals surface area contributed by atoms with Crippen LogP contribution in [-0.2, 0) is 10.0 Å². The van der Waals surface area contributed by atoms with Crippen LogP contribution in [0.1, 0.15) is 20.8 Å². The Balaban J connectivity index is 1.78. The molecule has 0 radical (unpaired) electrons. The molecule has 134 valence electrons. The lowest BCUT2D eigenvalue weighted by atomic mass is 10.2. The fraction of sp³-hybridized carbons (Fsp3) is 0.105. The normalized spacial score (nSPS) is 11.2. The molecule has 0 aliphatic rings. The fourth-order valence-electron chi connectivity index (χ4n) is 2.40. The van der Waals surface area contributed by atoms with E-state index in [-0.39, 0.29) is 10.8 Å². The molecule has 1 heterocycles. The monoisotopic (exact) mass is 386 g/mol. The molecule has 0 atom stereocenters. The van der Waals surface area contributed by atoms with Crippen LogP contribution in [0.2, 0.25) is 0 Å². The van der Waals surface area contributed by atoms with Crippen LogP contribution >= 0.6 is 11.3 Å². The predicted octanol–water partition coefficient (Wildman–Crippen LogP) is 4.42. The summed E-state index contributed by atoms with van der Waals surface area (Å²) in [6.45, 7) is 3.78. The molecule has 0 aliphatic carbocycles. The van der Waals surface area contributed by atoms with Crippen LogP contribution in [0.25, 0.3) is 0 Å². The molecule has 0 unspecified atom stereocenters. The number of amides is 1. The maximum Gasteiger partial charge on any atom is 0.265 e. The first kappa shape index (κ1) is 18.2. The third kappa shape index (κ3) is 4.12. The average molecular weight is 386 g/mol. The van der Waals surface area contributed by atoms with Crippen molar-refractivity contribution in [2.75, 3.05) is 10.0 Å². The largest absolute Gasteiger partial charge is 0.321 e. The number of carbonyl (C=O) groups excluding carboxylic acids is 1. The highest BCUT2D eigenvalue weighted by molar-refractivity contribution is 7.92. The molecule has 0 saturated carbocycles. The van der Waals surface area contributed by atoms with E-state index in [1.807, 2.05) is 38.1 Å². The van der Waals surface area contributed by atoms with E-state index >= 15 is 0 Å². The molecule has 3 aromatic rings. The van der Waals surface area contributed by atoms with Gasteiger partial charge in [-0.2, -0.15) is 0 Å². The summed E-state index contributed by atoms with van der Waals surface area (Å²) in [6.07, 6.45) is 0. The van der Waals surface area contributed by atoms with E-state index in [1.54, 1.807) is 24.3 Å². The minimum atomic E-state index is -3.74. The van der Waals surface area contributed by atoms with Crippen molar-refractivity contribution < 1.29 is 13.2 Å². The van der Waals surface area contributed by atoms with Crippen LogP contribution in [0, 0.1) is 13.8 Å². The van der Waals surface area contributed by atoms with Gasteiger partial charge in [-0.1, -0.05) is 30.3 Å². The van der Waals surface area contributed by atoms with E-state index in [9.17, 15) is 13.2 Å². The summed E-state index contributed by atoms with van der Waals surface area (Å²) in [7, 11) is -3.74. The van der Waals surface area contributed by atoms with Crippen LogP contribution in [0.5, 0.6) is 0 Å². The molecule has 0 saturated heterocycles. The number of aryl methyl sites for hydroxylation is 2. The first-order valence-corrected chi connectivity index (χ1v) is 10.3. The molecule has 3 rings (SSSR count). The molecule has 1 aromatic heterocycles.